The zero-order chi connectivity index (χ0) is 15.8. The van der Waals surface area contributed by atoms with Crippen LogP contribution < -0.4 is 16.4 Å². The Labute approximate surface area is 129 Å². The van der Waals surface area contributed by atoms with Crippen LogP contribution in [0.2, 0.25) is 0 Å². The number of nitrogens with one attached hydrogen (secondary N) is 2. The number of carbonyl (C=O) groups excluding carboxylic acids is 1. The third kappa shape index (κ3) is 4.46. The van der Waals surface area contributed by atoms with E-state index in [1.807, 2.05) is 12.1 Å². The summed E-state index contributed by atoms with van der Waals surface area (Å²) in [4.78, 5) is 16.3. The molecule has 2 rings (SSSR count). The highest BCUT2D eigenvalue weighted by atomic mass is 16.5. The topological polar surface area (TPSA) is 89.3 Å². The third-order valence-corrected chi connectivity index (χ3v) is 3.09. The summed E-state index contributed by atoms with van der Waals surface area (Å²) in [6.07, 6.45) is 3.50. The Morgan fingerprint density at radius 3 is 2.95 bits per heavy atom. The highest BCUT2D eigenvalue weighted by molar-refractivity contribution is 6.00. The third-order valence-electron chi connectivity index (χ3n) is 3.09. The minimum Gasteiger partial charge on any atom is -0.399 e. The molecular weight excluding hydrogens is 280 g/mol. The maximum Gasteiger partial charge on any atom is 0.253 e. The second kappa shape index (κ2) is 7.99. The van der Waals surface area contributed by atoms with Gasteiger partial charge in [0.1, 0.15) is 0 Å². The average molecular weight is 300 g/mol. The highest BCUT2D eigenvalue weighted by Crippen LogP contribution is 2.19. The molecule has 4 N–H and O–H groups in total. The predicted molar refractivity (Wildman–Crippen MR) is 86.6 cm³/mol. The van der Waals surface area contributed by atoms with Crippen LogP contribution in [0.25, 0.3) is 0 Å². The fraction of sp³-hybridized carbons (Fsp3) is 0.250. The molecule has 0 aliphatic heterocycles. The van der Waals surface area contributed by atoms with Gasteiger partial charge in [0, 0.05) is 44.0 Å². The van der Waals surface area contributed by atoms with E-state index in [1.165, 1.54) is 0 Å². The summed E-state index contributed by atoms with van der Waals surface area (Å²) < 4.78 is 4.93. The number of methoxy groups -OCH3 is 1. The minimum absolute atomic E-state index is 0.182. The molecule has 1 aromatic heterocycles. The Kier molecular flexibility index (Phi) is 5.73. The standard InChI is InChI=1S/C16H20N4O2/c1-22-8-7-19-16(21)14-9-13(17)4-5-15(14)20-11-12-3-2-6-18-10-12/h2-6,9-10,20H,7-8,11,17H2,1H3,(H,19,21). The Morgan fingerprint density at radius 2 is 2.23 bits per heavy atom. The number of nitrogens with two attached hydrogens (primary N) is 1. The number of ether oxygens (including phenoxy) is 1. The first kappa shape index (κ1) is 15.8. The van der Waals surface area contributed by atoms with Crippen molar-refractivity contribution in [2.75, 3.05) is 31.3 Å². The first-order valence-corrected chi connectivity index (χ1v) is 7.00. The summed E-state index contributed by atoms with van der Waals surface area (Å²) in [5.41, 5.74) is 8.61. The summed E-state index contributed by atoms with van der Waals surface area (Å²) in [6.45, 7) is 1.49. The van der Waals surface area contributed by atoms with Gasteiger partial charge >= 0.3 is 0 Å². The Balaban J connectivity index is 2.08. The smallest absolute Gasteiger partial charge is 0.253 e. The van der Waals surface area contributed by atoms with Gasteiger partial charge in [-0.05, 0) is 29.8 Å². The zero-order valence-corrected chi connectivity index (χ0v) is 12.5. The van der Waals surface area contributed by atoms with Crippen molar-refractivity contribution in [3.8, 4) is 0 Å². The summed E-state index contributed by atoms with van der Waals surface area (Å²) in [6, 6.07) is 9.07. The van der Waals surface area contributed by atoms with Gasteiger partial charge in [0.25, 0.3) is 5.91 Å². The van der Waals surface area contributed by atoms with Crippen molar-refractivity contribution in [2.45, 2.75) is 6.54 Å². The summed E-state index contributed by atoms with van der Waals surface area (Å²) in [7, 11) is 1.59. The maximum absolute atomic E-state index is 12.2. The van der Waals surface area contributed by atoms with Crippen LogP contribution in [0.1, 0.15) is 15.9 Å². The number of hydrogen-bond donors (Lipinski definition) is 3. The van der Waals surface area contributed by atoms with Crippen LogP contribution in [0.3, 0.4) is 0 Å². The van der Waals surface area contributed by atoms with Gasteiger partial charge in [-0.2, -0.15) is 0 Å². The minimum atomic E-state index is -0.182. The van der Waals surface area contributed by atoms with Crippen molar-refractivity contribution in [3.63, 3.8) is 0 Å². The second-order valence-electron chi connectivity index (χ2n) is 4.77. The number of amides is 1. The van der Waals surface area contributed by atoms with E-state index in [9.17, 15) is 4.79 Å². The van der Waals surface area contributed by atoms with Gasteiger partial charge in [0.15, 0.2) is 0 Å². The van der Waals surface area contributed by atoms with Crippen molar-refractivity contribution < 1.29 is 9.53 Å². The van der Waals surface area contributed by atoms with Crippen molar-refractivity contribution in [3.05, 3.63) is 53.9 Å². The molecule has 0 aliphatic rings. The number of nitrogens with zero attached hydrogens (tertiary/aromatic N) is 1. The quantitative estimate of drug-likeness (QED) is 0.534. The molecule has 0 saturated heterocycles. The van der Waals surface area contributed by atoms with Crippen LogP contribution >= 0.6 is 0 Å². The lowest BCUT2D eigenvalue weighted by Gasteiger charge is -2.13. The molecule has 0 saturated carbocycles. The van der Waals surface area contributed by atoms with E-state index in [2.05, 4.69) is 15.6 Å². The molecule has 0 spiro atoms. The molecule has 0 atom stereocenters. The Morgan fingerprint density at radius 1 is 1.36 bits per heavy atom. The van der Waals surface area contributed by atoms with Crippen molar-refractivity contribution in [1.29, 1.82) is 0 Å². The summed E-state index contributed by atoms with van der Waals surface area (Å²) in [5, 5.41) is 6.03. The first-order valence-electron chi connectivity index (χ1n) is 7.00. The predicted octanol–water partition coefficient (Wildman–Crippen LogP) is 1.65. The molecule has 1 heterocycles. The molecule has 0 radical (unpaired) electrons. The molecule has 0 fully saturated rings. The molecule has 2 aromatic rings. The maximum atomic E-state index is 12.2. The second-order valence-corrected chi connectivity index (χ2v) is 4.77. The van der Waals surface area contributed by atoms with Crippen molar-refractivity contribution in [2.24, 2.45) is 0 Å². The van der Waals surface area contributed by atoms with E-state index >= 15 is 0 Å². The van der Waals surface area contributed by atoms with E-state index < -0.39 is 0 Å². The number of nitrogen functional groups attached to an aromatic ring is 1. The van der Waals surface area contributed by atoms with Gasteiger partial charge in [0.05, 0.1) is 12.2 Å². The normalized spacial score (nSPS) is 10.2. The van der Waals surface area contributed by atoms with Gasteiger partial charge in [-0.1, -0.05) is 6.07 Å². The van der Waals surface area contributed by atoms with Crippen LogP contribution in [-0.4, -0.2) is 31.2 Å². The van der Waals surface area contributed by atoms with E-state index in [1.54, 1.807) is 37.7 Å². The average Bonchev–Trinajstić information content (AvgIpc) is 2.54. The van der Waals surface area contributed by atoms with Crippen molar-refractivity contribution in [1.82, 2.24) is 10.3 Å². The van der Waals surface area contributed by atoms with Gasteiger partial charge in [-0.3, -0.25) is 9.78 Å². The Hall–Kier alpha value is -2.60. The first-order chi connectivity index (χ1) is 10.7. The molecule has 1 aromatic carbocycles. The number of anilines is 2. The van der Waals surface area contributed by atoms with E-state index in [4.69, 9.17) is 10.5 Å². The van der Waals surface area contributed by atoms with Crippen LogP contribution in [0, 0.1) is 0 Å². The summed E-state index contributed by atoms with van der Waals surface area (Å²) >= 11 is 0. The Bertz CT molecular complexity index is 617. The molecule has 116 valence electrons. The zero-order valence-electron chi connectivity index (χ0n) is 12.5. The number of hydrogen-bond acceptors (Lipinski definition) is 5. The van der Waals surface area contributed by atoms with E-state index in [0.717, 1.165) is 11.3 Å². The van der Waals surface area contributed by atoms with Crippen LogP contribution in [0.4, 0.5) is 11.4 Å². The molecule has 0 unspecified atom stereocenters. The molecule has 22 heavy (non-hydrogen) atoms. The fourth-order valence-corrected chi connectivity index (χ4v) is 1.97. The number of pyridine rings is 1. The molecule has 0 bridgehead atoms. The van der Waals surface area contributed by atoms with Crippen LogP contribution in [0.5, 0.6) is 0 Å². The summed E-state index contributed by atoms with van der Waals surface area (Å²) in [5.74, 6) is -0.182. The highest BCUT2D eigenvalue weighted by Gasteiger charge is 2.11. The molecule has 1 amide bonds. The van der Waals surface area contributed by atoms with Gasteiger partial charge < -0.3 is 21.1 Å². The number of benzene rings is 1. The lowest BCUT2D eigenvalue weighted by molar-refractivity contribution is 0.0938. The molecule has 6 nitrogen and oxygen atoms in total. The van der Waals surface area contributed by atoms with Crippen LogP contribution in [-0.2, 0) is 11.3 Å². The molecular formula is C16H20N4O2. The lowest BCUT2D eigenvalue weighted by atomic mass is 10.1. The number of aromatic nitrogens is 1. The number of rotatable bonds is 7. The van der Waals surface area contributed by atoms with Gasteiger partial charge in [-0.25, -0.2) is 0 Å². The van der Waals surface area contributed by atoms with E-state index in [-0.39, 0.29) is 5.91 Å². The van der Waals surface area contributed by atoms with Gasteiger partial charge in [-0.15, -0.1) is 0 Å². The number of carbonyl (C=O) groups is 1. The fourth-order valence-electron chi connectivity index (χ4n) is 1.97. The largest absolute Gasteiger partial charge is 0.399 e. The van der Waals surface area contributed by atoms with Crippen LogP contribution in [0.15, 0.2) is 42.7 Å². The van der Waals surface area contributed by atoms with Gasteiger partial charge in [0.2, 0.25) is 0 Å². The SMILES string of the molecule is COCCNC(=O)c1cc(N)ccc1NCc1cccnc1. The monoisotopic (exact) mass is 300 g/mol. The van der Waals surface area contributed by atoms with Crippen molar-refractivity contribution >= 4 is 17.3 Å². The van der Waals surface area contributed by atoms with E-state index in [0.29, 0.717) is 30.9 Å². The molecule has 0 aliphatic carbocycles. The molecule has 6 heteroatoms. The lowest BCUT2D eigenvalue weighted by Crippen LogP contribution is -2.27.